The fourth-order valence-electron chi connectivity index (χ4n) is 9.66. The zero-order valence-corrected chi connectivity index (χ0v) is 54.5. The molecule has 7 heterocycles. The first kappa shape index (κ1) is 64.1. The monoisotopic (exact) mass is 1280 g/mol. The molecule has 430 valence electrons. The maximum absolute atomic E-state index is 9.18. The smallest absolute Gasteiger partial charge is 0.405 e. The van der Waals surface area contributed by atoms with E-state index in [-0.39, 0.29) is 53.9 Å². The van der Waals surface area contributed by atoms with Crippen molar-refractivity contribution in [3.05, 3.63) is 139 Å². The first-order chi connectivity index (χ1) is 37.5. The van der Waals surface area contributed by atoms with Crippen molar-refractivity contribution in [3.63, 3.8) is 0 Å². The van der Waals surface area contributed by atoms with E-state index in [4.69, 9.17) is 37.8 Å². The number of halogens is 3. The number of aliphatic hydroxyl groups is 2. The molecule has 0 radical (unpaired) electrons. The standard InChI is InChI=1S/C17H24BNO3.C12H24B2O4.C11H12BrNO.C9H8BrN.C9H7Br.C4H8O/c1-16(2)17(3,4)22-18(21-16)13-6-7-14-12(8-9-20)11-19(5)15(14)10-13;1-9(2)10(3,4)16-13(15-9)14-17-11(5,6)12(7,8)18-14;1-13-7-8(4-5-14)10-3-2-9(12)6-11(10)13;1-11-5-4-7-2-3-8(10)6-9(7)11;10-9-5-4-7-2-1-3-8(7)6-9;1-2-4-5-3-1/h6-7,10-11,20H,8-9H2,1-5H3;1-8H3;2-3,6-7,14H,4-5H2,1H3;2-6H,1H3;1-2,4-6H,3H2;1-4H2. The summed E-state index contributed by atoms with van der Waals surface area (Å²) in [7, 11) is 4.81. The molecule has 0 bridgehead atoms. The Balaban J connectivity index is 0.000000145. The summed E-state index contributed by atoms with van der Waals surface area (Å²) in [5.41, 5.74) is 7.69. The van der Waals surface area contributed by atoms with Crippen LogP contribution in [0.5, 0.6) is 0 Å². The predicted molar refractivity (Wildman–Crippen MR) is 341 cm³/mol. The summed E-state index contributed by atoms with van der Waals surface area (Å²) < 4.78 is 50.7. The second kappa shape index (κ2) is 26.2. The van der Waals surface area contributed by atoms with Crippen LogP contribution in [0.2, 0.25) is 0 Å². The van der Waals surface area contributed by atoms with E-state index in [0.717, 1.165) is 46.0 Å². The highest BCUT2D eigenvalue weighted by Gasteiger charge is 2.63. The minimum atomic E-state index is -0.476. The molecule has 5 aliphatic rings. The molecule has 12 nitrogen and oxygen atoms in total. The van der Waals surface area contributed by atoms with Crippen molar-refractivity contribution in [2.45, 2.75) is 149 Å². The third-order valence-electron chi connectivity index (χ3n) is 16.6. The topological polar surface area (TPSA) is 120 Å². The molecular weight excluding hydrogens is 1200 g/mol. The van der Waals surface area contributed by atoms with Crippen molar-refractivity contribution in [2.24, 2.45) is 21.1 Å². The van der Waals surface area contributed by atoms with Gasteiger partial charge in [0.05, 0.1) is 33.6 Å². The number of ether oxygens (including phenoxy) is 1. The van der Waals surface area contributed by atoms with Crippen LogP contribution in [0.3, 0.4) is 0 Å². The molecule has 4 aromatic carbocycles. The number of aliphatic hydroxyl groups excluding tert-OH is 2. The molecule has 3 aromatic heterocycles. The lowest BCUT2D eigenvalue weighted by molar-refractivity contribution is 0.00578. The Morgan fingerprint density at radius 2 is 0.938 bits per heavy atom. The summed E-state index contributed by atoms with van der Waals surface area (Å²) >= 11 is 10.3. The van der Waals surface area contributed by atoms with Crippen LogP contribution in [0.4, 0.5) is 0 Å². The molecule has 0 spiro atoms. The normalized spacial score (nSPS) is 19.3. The van der Waals surface area contributed by atoms with Gasteiger partial charge in [-0.25, -0.2) is 0 Å². The van der Waals surface area contributed by atoms with Crippen molar-refractivity contribution < 1.29 is 42.9 Å². The highest BCUT2D eigenvalue weighted by molar-refractivity contribution is 9.11. The van der Waals surface area contributed by atoms with Gasteiger partial charge in [-0.2, -0.15) is 0 Å². The number of aromatic nitrogens is 3. The molecule has 0 unspecified atom stereocenters. The van der Waals surface area contributed by atoms with Crippen LogP contribution < -0.4 is 5.46 Å². The summed E-state index contributed by atoms with van der Waals surface area (Å²) in [4.78, 5) is 0. The molecule has 80 heavy (non-hydrogen) atoms. The minimum absolute atomic E-state index is 0.165. The zero-order chi connectivity index (χ0) is 58.6. The van der Waals surface area contributed by atoms with Crippen molar-refractivity contribution in [1.29, 1.82) is 0 Å². The lowest BCUT2D eigenvalue weighted by atomic mass is 9.49. The number of hydrogen-bond donors (Lipinski definition) is 2. The van der Waals surface area contributed by atoms with Gasteiger partial charge in [-0.1, -0.05) is 90.3 Å². The Bertz CT molecular complexity index is 3160. The average Bonchev–Trinajstić information content (AvgIpc) is 4.29. The number of nitrogens with zero attached hydrogens (tertiary/aromatic N) is 3. The van der Waals surface area contributed by atoms with E-state index in [1.54, 1.807) is 0 Å². The summed E-state index contributed by atoms with van der Waals surface area (Å²) in [6.07, 6.45) is 15.6. The third-order valence-corrected chi connectivity index (χ3v) is 18.1. The van der Waals surface area contributed by atoms with Gasteiger partial charge in [0.25, 0.3) is 0 Å². The summed E-state index contributed by atoms with van der Waals surface area (Å²) in [6.45, 7) is 26.8. The Labute approximate surface area is 502 Å². The number of rotatable bonds is 6. The van der Waals surface area contributed by atoms with Crippen LogP contribution in [-0.2, 0) is 73.1 Å². The van der Waals surface area contributed by atoms with Gasteiger partial charge in [-0.05, 0) is 197 Å². The van der Waals surface area contributed by atoms with Gasteiger partial charge in [0, 0.05) is 107 Å². The van der Waals surface area contributed by atoms with Crippen LogP contribution in [0.1, 0.15) is 118 Å². The van der Waals surface area contributed by atoms with Crippen LogP contribution >= 0.6 is 47.8 Å². The Kier molecular flexibility index (Phi) is 21.0. The highest BCUT2D eigenvalue weighted by atomic mass is 79.9. The van der Waals surface area contributed by atoms with Crippen molar-refractivity contribution in [3.8, 4) is 0 Å². The van der Waals surface area contributed by atoms with E-state index in [0.29, 0.717) is 6.42 Å². The SMILES string of the molecule is Brc1ccc2c(c1)CC=C2.C1CCOC1.CC1(C)OB(B2OC(C)(C)C(C)(C)O2)OC1(C)C.Cn1cc(CCO)c2ccc(B3OC(C)(C)C(C)(C)O3)cc21.Cn1cc(CCO)c2ccc(Br)cc21.Cn1ccc2ccc(Br)cc21. The number of allylic oxidation sites excluding steroid dienone is 1. The highest BCUT2D eigenvalue weighted by Crippen LogP contribution is 2.43. The molecule has 12 rings (SSSR count). The van der Waals surface area contributed by atoms with Crippen molar-refractivity contribution in [2.75, 3.05) is 26.4 Å². The third kappa shape index (κ3) is 15.1. The Morgan fingerprint density at radius 3 is 1.43 bits per heavy atom. The van der Waals surface area contributed by atoms with Crippen LogP contribution in [-0.4, -0.2) is 105 Å². The molecule has 0 amide bonds. The van der Waals surface area contributed by atoms with Gasteiger partial charge < -0.3 is 56.6 Å². The molecule has 2 N–H and O–H groups in total. The molecular formula is C62H83B3Br3N3O9. The maximum atomic E-state index is 9.18. The van der Waals surface area contributed by atoms with Gasteiger partial charge in [-0.3, -0.25) is 0 Å². The van der Waals surface area contributed by atoms with Gasteiger partial charge in [0.15, 0.2) is 0 Å². The summed E-state index contributed by atoms with van der Waals surface area (Å²) in [5, 5.41) is 21.8. The zero-order valence-electron chi connectivity index (χ0n) is 49.7. The molecule has 4 aliphatic heterocycles. The van der Waals surface area contributed by atoms with E-state index in [1.807, 2.05) is 75.6 Å². The quantitative estimate of drug-likeness (QED) is 0.157. The molecule has 4 fully saturated rings. The van der Waals surface area contributed by atoms with Crippen LogP contribution in [0.15, 0.2) is 117 Å². The summed E-state index contributed by atoms with van der Waals surface area (Å²) in [5.74, 6) is 0. The van der Waals surface area contributed by atoms with E-state index in [1.165, 1.54) is 66.8 Å². The van der Waals surface area contributed by atoms with E-state index in [2.05, 4.69) is 200 Å². The largest absolute Gasteiger partial charge is 0.494 e. The fraction of sp³-hybridized carbons (Fsp3) is 0.484. The van der Waals surface area contributed by atoms with Crippen LogP contribution in [0.25, 0.3) is 38.8 Å². The number of benzene rings is 4. The predicted octanol–water partition coefficient (Wildman–Crippen LogP) is 13.5. The number of fused-ring (bicyclic) bond motifs is 4. The minimum Gasteiger partial charge on any atom is -0.405 e. The number of aryl methyl sites for hydroxylation is 3. The Morgan fingerprint density at radius 1 is 0.500 bits per heavy atom. The van der Waals surface area contributed by atoms with Gasteiger partial charge in [-0.15, -0.1) is 0 Å². The maximum Gasteiger partial charge on any atom is 0.494 e. The molecule has 0 atom stereocenters. The lowest BCUT2D eigenvalue weighted by Crippen LogP contribution is -2.41. The van der Waals surface area contributed by atoms with Gasteiger partial charge >= 0.3 is 21.1 Å². The fourth-order valence-corrected chi connectivity index (χ4v) is 10.8. The average molecular weight is 1290 g/mol. The lowest BCUT2D eigenvalue weighted by Gasteiger charge is -2.32. The molecule has 18 heteroatoms. The summed E-state index contributed by atoms with van der Waals surface area (Å²) in [6, 6.07) is 27.3. The van der Waals surface area contributed by atoms with Gasteiger partial charge in [0.2, 0.25) is 0 Å². The molecule has 7 aromatic rings. The molecule has 1 aliphatic carbocycles. The first-order valence-corrected chi connectivity index (χ1v) is 30.2. The second-order valence-corrected chi connectivity index (χ2v) is 26.9. The van der Waals surface area contributed by atoms with Gasteiger partial charge in [0.1, 0.15) is 0 Å². The second-order valence-electron chi connectivity index (χ2n) is 24.2. The van der Waals surface area contributed by atoms with E-state index >= 15 is 0 Å². The van der Waals surface area contributed by atoms with Crippen molar-refractivity contribution >= 4 is 113 Å². The Hall–Kier alpha value is -3.49. The van der Waals surface area contributed by atoms with E-state index in [9.17, 15) is 5.11 Å². The number of hydrogen-bond acceptors (Lipinski definition) is 9. The molecule has 4 saturated heterocycles. The van der Waals surface area contributed by atoms with Crippen molar-refractivity contribution in [1.82, 2.24) is 13.7 Å². The molecule has 0 saturated carbocycles. The van der Waals surface area contributed by atoms with E-state index < -0.39 is 14.0 Å². The first-order valence-electron chi connectivity index (χ1n) is 27.8. The van der Waals surface area contributed by atoms with Crippen LogP contribution in [0, 0.1) is 0 Å².